The van der Waals surface area contributed by atoms with Crippen LogP contribution in [0.1, 0.15) is 27.7 Å². The molecular weight excluding hydrogens is 1410 g/mol. The van der Waals surface area contributed by atoms with Gasteiger partial charge in [-0.1, -0.05) is 212 Å². The minimum absolute atomic E-state index is 0.165. The van der Waals surface area contributed by atoms with Crippen molar-refractivity contribution in [3.05, 3.63) is 309 Å². The summed E-state index contributed by atoms with van der Waals surface area (Å²) in [6, 6.07) is 102. The van der Waals surface area contributed by atoms with Gasteiger partial charge in [-0.3, -0.25) is 0 Å². The second-order valence-electron chi connectivity index (χ2n) is 29.2. The molecule has 23 rings (SSSR count). The molecule has 14 nitrogen and oxygen atoms in total. The van der Waals surface area contributed by atoms with E-state index in [9.17, 15) is 0 Å². The van der Waals surface area contributed by atoms with Crippen molar-refractivity contribution in [3.8, 4) is 79.2 Å². The monoisotopic (exact) mass is 1470 g/mol. The maximum Gasteiger partial charge on any atom is 0.494 e. The van der Waals surface area contributed by atoms with Crippen molar-refractivity contribution in [2.45, 2.75) is 38.9 Å². The Bertz CT molecular complexity index is 7510. The molecular formula is C96H62BClN6O8. The van der Waals surface area contributed by atoms with Gasteiger partial charge in [0.15, 0.2) is 29.1 Å². The van der Waals surface area contributed by atoms with E-state index in [4.69, 9.17) is 62.4 Å². The smallest absolute Gasteiger partial charge is 0.456 e. The molecule has 1 aliphatic rings. The van der Waals surface area contributed by atoms with E-state index in [1.54, 1.807) is 0 Å². The summed E-state index contributed by atoms with van der Waals surface area (Å²) >= 11 is 6.15. The first-order chi connectivity index (χ1) is 54.8. The van der Waals surface area contributed by atoms with Gasteiger partial charge in [0.25, 0.3) is 0 Å². The molecule has 9 heterocycles. The number of furan rings is 6. The molecule has 0 spiro atoms. The molecule has 0 saturated carbocycles. The zero-order chi connectivity index (χ0) is 74.9. The van der Waals surface area contributed by atoms with Crippen LogP contribution in [0.4, 0.5) is 0 Å². The van der Waals surface area contributed by atoms with E-state index >= 15 is 0 Å². The maximum atomic E-state index is 6.44. The topological polar surface area (TPSA) is 175 Å². The molecule has 0 amide bonds. The third-order valence-electron chi connectivity index (χ3n) is 21.8. The molecule has 0 aliphatic carbocycles. The van der Waals surface area contributed by atoms with E-state index < -0.39 is 7.12 Å². The third-order valence-corrected chi connectivity index (χ3v) is 21.9. The third kappa shape index (κ3) is 11.5. The Morgan fingerprint density at radius 1 is 0.232 bits per heavy atom. The quantitative estimate of drug-likeness (QED) is 0.131. The number of hydrogen-bond acceptors (Lipinski definition) is 14. The molecule has 8 aromatic heterocycles. The predicted molar refractivity (Wildman–Crippen MR) is 449 cm³/mol. The first kappa shape index (κ1) is 66.4. The number of aromatic nitrogens is 6. The van der Waals surface area contributed by atoms with E-state index in [0.717, 1.165) is 187 Å². The van der Waals surface area contributed by atoms with Crippen LogP contribution in [-0.2, 0) is 9.31 Å². The fourth-order valence-corrected chi connectivity index (χ4v) is 15.6. The highest BCUT2D eigenvalue weighted by molar-refractivity contribution is 6.62. The maximum absolute atomic E-state index is 6.44. The summed E-state index contributed by atoms with van der Waals surface area (Å²) in [6.07, 6.45) is 0. The van der Waals surface area contributed by atoms with Crippen LogP contribution in [0.5, 0.6) is 0 Å². The lowest BCUT2D eigenvalue weighted by Gasteiger charge is -2.32. The van der Waals surface area contributed by atoms with Gasteiger partial charge in [-0.15, -0.1) is 0 Å². The molecule has 0 N–H and O–H groups in total. The summed E-state index contributed by atoms with van der Waals surface area (Å²) in [5.41, 5.74) is 18.9. The molecule has 1 saturated heterocycles. The van der Waals surface area contributed by atoms with Crippen LogP contribution in [-0.4, -0.2) is 48.2 Å². The fraction of sp³-hybridized carbons (Fsp3) is 0.0625. The van der Waals surface area contributed by atoms with Gasteiger partial charge in [-0.2, -0.15) is 9.97 Å². The summed E-state index contributed by atoms with van der Waals surface area (Å²) in [4.78, 5) is 28.0. The molecule has 0 unspecified atom stereocenters. The van der Waals surface area contributed by atoms with Crippen molar-refractivity contribution in [3.63, 3.8) is 0 Å². The number of rotatable bonds is 8. The number of halogens is 1. The first-order valence-corrected chi connectivity index (χ1v) is 37.4. The van der Waals surface area contributed by atoms with Crippen LogP contribution in [0.2, 0.25) is 5.28 Å². The van der Waals surface area contributed by atoms with Gasteiger partial charge in [0.1, 0.15) is 67.0 Å². The summed E-state index contributed by atoms with van der Waals surface area (Å²) < 4.78 is 50.0. The lowest BCUT2D eigenvalue weighted by molar-refractivity contribution is 0.00578. The van der Waals surface area contributed by atoms with Gasteiger partial charge < -0.3 is 35.8 Å². The molecule has 22 aromatic rings. The summed E-state index contributed by atoms with van der Waals surface area (Å²) in [5, 5.41) is 13.1. The van der Waals surface area contributed by atoms with Crippen molar-refractivity contribution in [1.82, 2.24) is 29.9 Å². The zero-order valence-electron chi connectivity index (χ0n) is 60.8. The van der Waals surface area contributed by atoms with E-state index in [-0.39, 0.29) is 16.5 Å². The number of nitrogens with zero attached hydrogens (tertiary/aromatic N) is 6. The molecule has 0 atom stereocenters. The summed E-state index contributed by atoms with van der Waals surface area (Å²) in [7, 11) is -0.418. The lowest BCUT2D eigenvalue weighted by atomic mass is 9.79. The van der Waals surface area contributed by atoms with Gasteiger partial charge in [0.2, 0.25) is 5.28 Å². The molecule has 14 aromatic carbocycles. The van der Waals surface area contributed by atoms with Crippen LogP contribution >= 0.6 is 11.6 Å². The Morgan fingerprint density at radius 2 is 0.536 bits per heavy atom. The average molecular weight is 1470 g/mol. The lowest BCUT2D eigenvalue weighted by Crippen LogP contribution is -2.41. The Labute approximate surface area is 644 Å². The SMILES string of the molecule is CC1(C)OB(c2ccc3c(c2)oc2ccc(-c4cccc5c4oc4ccccc45)cc23)OC1(C)C.Clc1nc(-c2ccccc2)nc(-c2ccc3c(c2)oc2ccccc23)n1.c1ccc(-c2nc(-c3ccc4c(c3)oc3ccccc34)nc(-c3ccc4c(c3)oc3ccc(-c5cccc6c5oc5ccccc56)cc34)n2)cc1. The van der Waals surface area contributed by atoms with Gasteiger partial charge in [-0.05, 0) is 147 Å². The Kier molecular flexibility index (Phi) is 15.5. The molecule has 1 fully saturated rings. The number of para-hydroxylation sites is 6. The van der Waals surface area contributed by atoms with E-state index in [2.05, 4.69) is 152 Å². The standard InChI is InChI=1S/C45H25N3O3.C30H25BO4.C21H12ClN3O/c1-2-9-26(10-3-1)43-46-44(28-17-20-33-31-11-4-6-15-37(31)49-40(33)24-28)48-45(47-43)29-18-21-34-36-23-27(19-22-39(36)50-41(34)25-29)30-13-8-14-35-32-12-5-7-16-38(32)51-42(30)35;1-29(2)30(3,4)35-31(34-29)19-13-14-22-24-16-18(12-15-26(24)32-27(22)17-19)20-9-7-10-23-21-8-5-6-11-25(21)33-28(20)23;22-21-24-19(13-6-2-1-3-7-13)23-20(25-21)14-10-11-16-15-8-4-5-9-17(15)26-18(16)12-14/h1-25H;5-17H,1-4H3;1-12H. The largest absolute Gasteiger partial charge is 0.494 e. The zero-order valence-corrected chi connectivity index (χ0v) is 61.5. The molecule has 1 aliphatic heterocycles. The number of hydrogen-bond donors (Lipinski definition) is 0. The van der Waals surface area contributed by atoms with Crippen LogP contribution in [0.25, 0.3) is 211 Å². The average Bonchev–Trinajstić information content (AvgIpc) is 1.60. The predicted octanol–water partition coefficient (Wildman–Crippen LogP) is 25.4. The van der Waals surface area contributed by atoms with Crippen molar-refractivity contribution in [1.29, 1.82) is 0 Å². The van der Waals surface area contributed by atoms with Crippen molar-refractivity contribution in [2.75, 3.05) is 0 Å². The van der Waals surface area contributed by atoms with Crippen LogP contribution in [0.15, 0.2) is 330 Å². The molecule has 0 bridgehead atoms. The fourth-order valence-electron chi connectivity index (χ4n) is 15.4. The summed E-state index contributed by atoms with van der Waals surface area (Å²) in [5.74, 6) is 2.78. The van der Waals surface area contributed by atoms with E-state index in [1.165, 1.54) is 0 Å². The highest BCUT2D eigenvalue weighted by Crippen LogP contribution is 2.44. The van der Waals surface area contributed by atoms with Crippen LogP contribution in [0, 0.1) is 0 Å². The van der Waals surface area contributed by atoms with Crippen LogP contribution in [0.3, 0.4) is 0 Å². The highest BCUT2D eigenvalue weighted by atomic mass is 35.5. The highest BCUT2D eigenvalue weighted by Gasteiger charge is 2.52. The van der Waals surface area contributed by atoms with Gasteiger partial charge in [-0.25, -0.2) is 19.9 Å². The van der Waals surface area contributed by atoms with Crippen LogP contribution < -0.4 is 5.46 Å². The molecule has 0 radical (unpaired) electrons. The van der Waals surface area contributed by atoms with Gasteiger partial charge in [0, 0.05) is 104 Å². The molecule has 16 heteroatoms. The molecule has 112 heavy (non-hydrogen) atoms. The minimum atomic E-state index is -0.418. The number of fused-ring (bicyclic) bond motifs is 18. The van der Waals surface area contributed by atoms with Gasteiger partial charge >= 0.3 is 7.12 Å². The Balaban J connectivity index is 0.000000113. The van der Waals surface area contributed by atoms with Crippen molar-refractivity contribution < 1.29 is 35.8 Å². The van der Waals surface area contributed by atoms with Crippen molar-refractivity contribution >= 4 is 156 Å². The number of benzene rings is 14. The normalized spacial score (nSPS) is 13.5. The molecule has 534 valence electrons. The minimum Gasteiger partial charge on any atom is -0.456 e. The first-order valence-electron chi connectivity index (χ1n) is 37.0. The second-order valence-corrected chi connectivity index (χ2v) is 29.5. The second kappa shape index (κ2) is 26.2. The summed E-state index contributed by atoms with van der Waals surface area (Å²) in [6.45, 7) is 8.27. The van der Waals surface area contributed by atoms with E-state index in [1.807, 2.05) is 194 Å². The van der Waals surface area contributed by atoms with E-state index in [0.29, 0.717) is 29.1 Å². The van der Waals surface area contributed by atoms with Crippen molar-refractivity contribution in [2.24, 2.45) is 0 Å². The Morgan fingerprint density at radius 3 is 0.964 bits per heavy atom. The van der Waals surface area contributed by atoms with Gasteiger partial charge in [0.05, 0.1) is 11.2 Å². The Hall–Kier alpha value is -13.8.